The third-order valence-electron chi connectivity index (χ3n) is 11.5. The molecule has 0 spiro atoms. The van der Waals surface area contributed by atoms with E-state index in [1.54, 1.807) is 36.5 Å². The Bertz CT molecular complexity index is 2170. The van der Waals surface area contributed by atoms with E-state index in [2.05, 4.69) is 10.3 Å². The lowest BCUT2D eigenvalue weighted by atomic mass is 9.87. The Kier molecular flexibility index (Phi) is 10.7. The number of fused-ring (bicyclic) bond motifs is 1. The summed E-state index contributed by atoms with van der Waals surface area (Å²) in [5, 5.41) is 3.39. The lowest BCUT2D eigenvalue weighted by Crippen LogP contribution is -2.60. The lowest BCUT2D eigenvalue weighted by molar-refractivity contribution is -0.136. The van der Waals surface area contributed by atoms with E-state index in [-0.39, 0.29) is 60.0 Å². The largest absolute Gasteiger partial charge is 0.496 e. The smallest absolute Gasteiger partial charge is 0.320 e. The summed E-state index contributed by atoms with van der Waals surface area (Å²) in [5.41, 5.74) is 3.14. The highest BCUT2D eigenvalue weighted by Gasteiger charge is 2.48. The predicted octanol–water partition coefficient (Wildman–Crippen LogP) is 5.48. The van der Waals surface area contributed by atoms with Crippen LogP contribution in [0, 0.1) is 11.7 Å². The zero-order valence-corrected chi connectivity index (χ0v) is 31.2. The van der Waals surface area contributed by atoms with Crippen molar-refractivity contribution in [2.45, 2.75) is 63.0 Å². The van der Waals surface area contributed by atoms with Crippen LogP contribution < -0.4 is 15.6 Å². The van der Waals surface area contributed by atoms with E-state index in [9.17, 15) is 19.2 Å². The summed E-state index contributed by atoms with van der Waals surface area (Å²) in [6.07, 6.45) is 7.51. The molecule has 3 aliphatic heterocycles. The molecule has 5 heterocycles. The number of likely N-dealkylation sites (tertiary alicyclic amines) is 2. The quantitative estimate of drug-likeness (QED) is 0.237. The number of hydrogen-bond acceptors (Lipinski definition) is 7. The molecule has 2 aromatic carbocycles. The molecule has 290 valence electrons. The average molecular weight is 759 g/mol. The molecule has 7 rings (SSSR count). The van der Waals surface area contributed by atoms with E-state index in [0.29, 0.717) is 67.1 Å². The monoisotopic (exact) mass is 758 g/mol. The van der Waals surface area contributed by atoms with Crippen molar-refractivity contribution in [2.75, 3.05) is 40.3 Å². The molecule has 1 N–H and O–H groups in total. The number of imide groups is 1. The van der Waals surface area contributed by atoms with Crippen LogP contribution in [-0.4, -0.2) is 94.4 Å². The van der Waals surface area contributed by atoms with Gasteiger partial charge in [-0.25, -0.2) is 18.0 Å². The van der Waals surface area contributed by atoms with Crippen LogP contribution in [0.15, 0.2) is 65.8 Å². The number of carbonyl (C=O) groups excluding carboxylic acids is 3. The first-order valence-corrected chi connectivity index (χ1v) is 18.7. The second-order valence-electron chi connectivity index (χ2n) is 15.0. The first-order chi connectivity index (χ1) is 26.3. The van der Waals surface area contributed by atoms with Gasteiger partial charge in [0.25, 0.3) is 11.5 Å². The van der Waals surface area contributed by atoms with Crippen LogP contribution in [0.5, 0.6) is 5.75 Å². The topological polar surface area (TPSA) is 117 Å². The molecule has 0 bridgehead atoms. The van der Waals surface area contributed by atoms with Crippen LogP contribution in [0.3, 0.4) is 0 Å². The van der Waals surface area contributed by atoms with Gasteiger partial charge in [-0.05, 0) is 78.3 Å². The molecule has 55 heavy (non-hydrogen) atoms. The summed E-state index contributed by atoms with van der Waals surface area (Å²) >= 11 is 0. The Labute approximate surface area is 317 Å². The first kappa shape index (κ1) is 38.1. The predicted molar refractivity (Wildman–Crippen MR) is 200 cm³/mol. The number of ether oxygens (including phenoxy) is 1. The van der Waals surface area contributed by atoms with Gasteiger partial charge < -0.3 is 19.1 Å². The molecule has 0 aliphatic carbocycles. The maximum absolute atomic E-state index is 15.8. The van der Waals surface area contributed by atoms with E-state index in [1.165, 1.54) is 40.8 Å². The summed E-state index contributed by atoms with van der Waals surface area (Å²) in [6.45, 7) is 0.342. The highest BCUT2D eigenvalue weighted by Crippen LogP contribution is 2.37. The number of aromatic nitrogens is 2. The summed E-state index contributed by atoms with van der Waals surface area (Å²) in [4.78, 5) is 58.2. The van der Waals surface area contributed by atoms with Gasteiger partial charge in [0.15, 0.2) is 0 Å². The highest BCUT2D eigenvalue weighted by atomic mass is 19.3. The molecule has 4 amide bonds. The molecule has 0 saturated carbocycles. The molecule has 3 aliphatic rings. The second-order valence-corrected chi connectivity index (χ2v) is 15.0. The van der Waals surface area contributed by atoms with Gasteiger partial charge in [0, 0.05) is 82.3 Å². The van der Waals surface area contributed by atoms with Crippen LogP contribution in [0.25, 0.3) is 21.9 Å². The zero-order chi connectivity index (χ0) is 39.0. The number of rotatable bonds is 8. The fourth-order valence-electron chi connectivity index (χ4n) is 8.38. The summed E-state index contributed by atoms with van der Waals surface area (Å²) in [5.74, 6) is -4.12. The van der Waals surface area contributed by atoms with Gasteiger partial charge in [0.2, 0.25) is 11.8 Å². The maximum atomic E-state index is 15.8. The van der Waals surface area contributed by atoms with Crippen LogP contribution in [0.4, 0.5) is 18.0 Å². The van der Waals surface area contributed by atoms with E-state index >= 15 is 13.2 Å². The van der Waals surface area contributed by atoms with E-state index in [4.69, 9.17) is 4.74 Å². The molecule has 4 aromatic rings. The summed E-state index contributed by atoms with van der Waals surface area (Å²) < 4.78 is 54.5. The van der Waals surface area contributed by atoms with Crippen molar-refractivity contribution in [3.63, 3.8) is 0 Å². The molecular formula is C41H45F3N6O5. The van der Waals surface area contributed by atoms with Gasteiger partial charge in [0.05, 0.1) is 25.1 Å². The number of nitrogens with zero attached hydrogens (tertiary/aromatic N) is 5. The summed E-state index contributed by atoms with van der Waals surface area (Å²) in [6, 6.07) is 11.0. The molecule has 3 saturated heterocycles. The standard InChI is InChI=1S/C41H45F3N6O5/c1-47-22-32(30-10-14-45-21-31(30)39(47)53)29-19-34(42)33(35(20-29)55-3)23-49-15-13-36(41(43,44)24-49)48(2)40(54)50-16-11-27(12-17-50)26-6-4-25(5-7-26)18-28-8-9-37(51)46-38(28)52/h4-7,10,14,19-22,27-28,36H,8-9,11-13,15-18,23-24H2,1-3H3,(H,46,51,52). The number of urea groups is 1. The maximum Gasteiger partial charge on any atom is 0.320 e. The molecule has 14 heteroatoms. The number of hydrogen-bond donors (Lipinski definition) is 1. The Morgan fingerprint density at radius 3 is 2.45 bits per heavy atom. The number of piperidine rings is 3. The van der Waals surface area contributed by atoms with Crippen molar-refractivity contribution in [3.8, 4) is 16.9 Å². The Balaban J connectivity index is 0.953. The molecule has 2 aromatic heterocycles. The normalized spacial score (nSPS) is 20.7. The van der Waals surface area contributed by atoms with Crippen molar-refractivity contribution in [1.82, 2.24) is 29.6 Å². The number of benzene rings is 2. The van der Waals surface area contributed by atoms with Crippen molar-refractivity contribution in [1.29, 1.82) is 0 Å². The van der Waals surface area contributed by atoms with Crippen LogP contribution in [-0.2, 0) is 29.6 Å². The minimum absolute atomic E-state index is 0.0109. The summed E-state index contributed by atoms with van der Waals surface area (Å²) in [7, 11) is 4.44. The van der Waals surface area contributed by atoms with Crippen molar-refractivity contribution in [2.24, 2.45) is 13.0 Å². The van der Waals surface area contributed by atoms with Crippen molar-refractivity contribution >= 4 is 28.6 Å². The van der Waals surface area contributed by atoms with Crippen molar-refractivity contribution < 1.29 is 32.3 Å². The fraction of sp³-hybridized carbons (Fsp3) is 0.439. The van der Waals surface area contributed by atoms with E-state index < -0.39 is 30.4 Å². The number of pyridine rings is 2. The molecule has 2 atom stereocenters. The van der Waals surface area contributed by atoms with Gasteiger partial charge in [-0.1, -0.05) is 24.3 Å². The second kappa shape index (κ2) is 15.5. The third-order valence-corrected chi connectivity index (χ3v) is 11.5. The Morgan fingerprint density at radius 2 is 1.76 bits per heavy atom. The molecule has 11 nitrogen and oxygen atoms in total. The van der Waals surface area contributed by atoms with Crippen LogP contribution in [0.1, 0.15) is 54.7 Å². The number of carbonyl (C=O) groups is 3. The molecule has 3 fully saturated rings. The number of nitrogens with one attached hydrogen (secondary N) is 1. The van der Waals surface area contributed by atoms with Crippen LogP contribution in [0.2, 0.25) is 0 Å². The minimum atomic E-state index is -3.25. The number of alkyl halides is 2. The molecule has 2 unspecified atom stereocenters. The Morgan fingerprint density at radius 1 is 1.02 bits per heavy atom. The first-order valence-electron chi connectivity index (χ1n) is 18.7. The number of aryl methyl sites for hydroxylation is 1. The molecule has 0 radical (unpaired) electrons. The fourth-order valence-corrected chi connectivity index (χ4v) is 8.38. The zero-order valence-electron chi connectivity index (χ0n) is 31.2. The third kappa shape index (κ3) is 7.82. The van der Waals surface area contributed by atoms with Gasteiger partial charge in [-0.2, -0.15) is 0 Å². The average Bonchev–Trinajstić information content (AvgIpc) is 3.17. The molecular weight excluding hydrogens is 713 g/mol. The van der Waals surface area contributed by atoms with Gasteiger partial charge in [-0.3, -0.25) is 29.6 Å². The van der Waals surface area contributed by atoms with E-state index in [0.717, 1.165) is 11.1 Å². The van der Waals surface area contributed by atoms with Crippen LogP contribution >= 0.6 is 0 Å². The number of methoxy groups -OCH3 is 1. The van der Waals surface area contributed by atoms with Crippen molar-refractivity contribution in [3.05, 3.63) is 93.9 Å². The minimum Gasteiger partial charge on any atom is -0.496 e. The number of halogens is 3. The van der Waals surface area contributed by atoms with Gasteiger partial charge in [0.1, 0.15) is 11.6 Å². The van der Waals surface area contributed by atoms with Gasteiger partial charge in [-0.15, -0.1) is 0 Å². The Hall–Kier alpha value is -5.24. The highest BCUT2D eigenvalue weighted by molar-refractivity contribution is 5.98. The SMILES string of the molecule is COc1cc(-c2cn(C)c(=O)c3cnccc23)cc(F)c1CN1CCC(N(C)C(=O)N2CCC(c3ccc(CC4CCC(=O)NC4=O)cc3)CC2)C(F)(F)C1. The van der Waals surface area contributed by atoms with Gasteiger partial charge >= 0.3 is 6.03 Å². The van der Waals surface area contributed by atoms with E-state index in [1.807, 2.05) is 24.3 Å². The lowest BCUT2D eigenvalue weighted by Gasteiger charge is -2.44. The number of amides is 4.